The van der Waals surface area contributed by atoms with Crippen LogP contribution in [-0.2, 0) is 13.1 Å². The Morgan fingerprint density at radius 2 is 2.18 bits per heavy atom. The quantitative estimate of drug-likeness (QED) is 0.920. The summed E-state index contributed by atoms with van der Waals surface area (Å²) in [6.07, 6.45) is 4.14. The van der Waals surface area contributed by atoms with Crippen molar-refractivity contribution in [1.29, 1.82) is 0 Å². The van der Waals surface area contributed by atoms with Crippen molar-refractivity contribution in [2.45, 2.75) is 32.4 Å². The van der Waals surface area contributed by atoms with Crippen LogP contribution < -0.4 is 5.73 Å². The Hall–Kier alpha value is -0.800. The average molecular weight is 293 g/mol. The number of benzene rings is 1. The average Bonchev–Trinajstić information content (AvgIpc) is 2.63. The van der Waals surface area contributed by atoms with Crippen LogP contribution in [0.5, 0.6) is 0 Å². The minimum Gasteiger partial charge on any atom is -0.343 e. The van der Waals surface area contributed by atoms with Crippen LogP contribution in [0.1, 0.15) is 25.0 Å². The van der Waals surface area contributed by atoms with Gasteiger partial charge in [-0.25, -0.2) is 0 Å². The lowest BCUT2D eigenvalue weighted by Gasteiger charge is -2.27. The van der Waals surface area contributed by atoms with Gasteiger partial charge in [0.15, 0.2) is 0 Å². The van der Waals surface area contributed by atoms with Gasteiger partial charge < -0.3 is 10.3 Å². The van der Waals surface area contributed by atoms with E-state index in [1.807, 2.05) is 0 Å². The van der Waals surface area contributed by atoms with E-state index in [0.717, 1.165) is 16.9 Å². The number of hydrogen-bond acceptors (Lipinski definition) is 1. The van der Waals surface area contributed by atoms with Crippen molar-refractivity contribution < 1.29 is 0 Å². The van der Waals surface area contributed by atoms with Crippen molar-refractivity contribution >= 4 is 26.8 Å². The number of halogens is 1. The smallest absolute Gasteiger partial charge is 0.0494 e. The van der Waals surface area contributed by atoms with Crippen molar-refractivity contribution in [2.75, 3.05) is 0 Å². The van der Waals surface area contributed by atoms with Crippen molar-refractivity contribution in [3.63, 3.8) is 0 Å². The van der Waals surface area contributed by atoms with E-state index < -0.39 is 0 Å². The normalized spacial score (nSPS) is 16.4. The van der Waals surface area contributed by atoms with E-state index in [1.165, 1.54) is 35.9 Å². The van der Waals surface area contributed by atoms with Crippen LogP contribution in [0.25, 0.3) is 10.9 Å². The molecule has 1 fully saturated rings. The standard InChI is InChI=1S/C14H17BrN2/c15-13-5-2-6-14-12(13)7-11(8-16)17(14)9-10-3-1-4-10/h2,5-7,10H,1,3-4,8-9,16H2. The number of fused-ring (bicyclic) bond motifs is 1. The number of nitrogens with zero attached hydrogens (tertiary/aromatic N) is 1. The van der Waals surface area contributed by atoms with Crippen molar-refractivity contribution in [3.05, 3.63) is 34.4 Å². The van der Waals surface area contributed by atoms with Crippen molar-refractivity contribution in [1.82, 2.24) is 4.57 Å². The molecule has 1 aliphatic carbocycles. The van der Waals surface area contributed by atoms with Crippen LogP contribution >= 0.6 is 15.9 Å². The Labute approximate surface area is 110 Å². The number of aromatic nitrogens is 1. The summed E-state index contributed by atoms with van der Waals surface area (Å²) in [5.41, 5.74) is 8.42. The maximum atomic E-state index is 5.86. The molecule has 17 heavy (non-hydrogen) atoms. The van der Waals surface area contributed by atoms with Gasteiger partial charge in [0.2, 0.25) is 0 Å². The molecule has 1 heterocycles. The Kier molecular flexibility index (Phi) is 2.97. The molecule has 0 bridgehead atoms. The monoisotopic (exact) mass is 292 g/mol. The molecule has 2 aromatic rings. The number of nitrogens with two attached hydrogens (primary N) is 1. The highest BCUT2D eigenvalue weighted by atomic mass is 79.9. The third kappa shape index (κ3) is 1.91. The van der Waals surface area contributed by atoms with Gasteiger partial charge in [-0.05, 0) is 37.0 Å². The highest BCUT2D eigenvalue weighted by Gasteiger charge is 2.20. The number of rotatable bonds is 3. The van der Waals surface area contributed by atoms with Gasteiger partial charge in [0.1, 0.15) is 0 Å². The molecule has 2 N–H and O–H groups in total. The van der Waals surface area contributed by atoms with E-state index in [0.29, 0.717) is 6.54 Å². The fourth-order valence-electron chi connectivity index (χ4n) is 2.62. The Morgan fingerprint density at radius 1 is 1.35 bits per heavy atom. The lowest BCUT2D eigenvalue weighted by molar-refractivity contribution is 0.277. The first-order valence-corrected chi connectivity index (χ1v) is 7.05. The zero-order valence-corrected chi connectivity index (χ0v) is 11.4. The van der Waals surface area contributed by atoms with Crippen LogP contribution in [0.15, 0.2) is 28.7 Å². The molecule has 2 nitrogen and oxygen atoms in total. The van der Waals surface area contributed by atoms with Crippen LogP contribution in [0.2, 0.25) is 0 Å². The third-order valence-corrected chi connectivity index (χ3v) is 4.54. The summed E-state index contributed by atoms with van der Waals surface area (Å²) in [7, 11) is 0. The minimum absolute atomic E-state index is 0.619. The Balaban J connectivity index is 2.09. The maximum absolute atomic E-state index is 5.86. The molecule has 0 saturated heterocycles. The van der Waals surface area contributed by atoms with Crippen LogP contribution in [0, 0.1) is 5.92 Å². The first-order chi connectivity index (χ1) is 8.29. The molecule has 1 aromatic heterocycles. The summed E-state index contributed by atoms with van der Waals surface area (Å²) < 4.78 is 3.57. The van der Waals surface area contributed by atoms with E-state index in [1.54, 1.807) is 0 Å². The first kappa shape index (κ1) is 11.3. The molecule has 90 valence electrons. The van der Waals surface area contributed by atoms with Gasteiger partial charge in [-0.3, -0.25) is 0 Å². The van der Waals surface area contributed by atoms with Gasteiger partial charge in [-0.15, -0.1) is 0 Å². The molecule has 1 saturated carbocycles. The topological polar surface area (TPSA) is 30.9 Å². The molecular weight excluding hydrogens is 276 g/mol. The molecule has 0 radical (unpaired) electrons. The summed E-state index contributed by atoms with van der Waals surface area (Å²) >= 11 is 3.62. The zero-order valence-electron chi connectivity index (χ0n) is 9.82. The number of hydrogen-bond donors (Lipinski definition) is 1. The second kappa shape index (κ2) is 4.46. The van der Waals surface area contributed by atoms with E-state index in [-0.39, 0.29) is 0 Å². The van der Waals surface area contributed by atoms with E-state index in [2.05, 4.69) is 44.8 Å². The molecule has 3 heteroatoms. The molecule has 1 aromatic carbocycles. The molecule has 0 unspecified atom stereocenters. The van der Waals surface area contributed by atoms with Gasteiger partial charge in [-0.1, -0.05) is 28.4 Å². The van der Waals surface area contributed by atoms with E-state index in [9.17, 15) is 0 Å². The Bertz CT molecular complexity index is 540. The molecule has 0 spiro atoms. The van der Waals surface area contributed by atoms with E-state index >= 15 is 0 Å². The maximum Gasteiger partial charge on any atom is 0.0494 e. The Morgan fingerprint density at radius 3 is 2.82 bits per heavy atom. The molecular formula is C14H17BrN2. The van der Waals surface area contributed by atoms with Crippen molar-refractivity contribution in [3.8, 4) is 0 Å². The predicted molar refractivity (Wildman–Crippen MR) is 74.9 cm³/mol. The van der Waals surface area contributed by atoms with Crippen LogP contribution in [0.3, 0.4) is 0 Å². The van der Waals surface area contributed by atoms with Gasteiger partial charge >= 0.3 is 0 Å². The van der Waals surface area contributed by atoms with Gasteiger partial charge in [0.05, 0.1) is 0 Å². The lowest BCUT2D eigenvalue weighted by atomic mass is 9.85. The largest absolute Gasteiger partial charge is 0.343 e. The van der Waals surface area contributed by atoms with E-state index in [4.69, 9.17) is 5.73 Å². The summed E-state index contributed by atoms with van der Waals surface area (Å²) in [5.74, 6) is 0.856. The second-order valence-corrected chi connectivity index (χ2v) is 5.77. The molecule has 3 rings (SSSR count). The summed E-state index contributed by atoms with van der Waals surface area (Å²) in [4.78, 5) is 0. The first-order valence-electron chi connectivity index (χ1n) is 6.26. The molecule has 1 aliphatic rings. The fraction of sp³-hybridized carbons (Fsp3) is 0.429. The highest BCUT2D eigenvalue weighted by molar-refractivity contribution is 9.10. The van der Waals surface area contributed by atoms with Crippen LogP contribution in [-0.4, -0.2) is 4.57 Å². The summed E-state index contributed by atoms with van der Waals surface area (Å²) in [6.45, 7) is 1.75. The van der Waals surface area contributed by atoms with Gasteiger partial charge in [0.25, 0.3) is 0 Å². The minimum atomic E-state index is 0.619. The fourth-order valence-corrected chi connectivity index (χ4v) is 3.09. The molecule has 0 amide bonds. The summed E-state index contributed by atoms with van der Waals surface area (Å²) in [6, 6.07) is 8.61. The van der Waals surface area contributed by atoms with Gasteiger partial charge in [-0.2, -0.15) is 0 Å². The summed E-state index contributed by atoms with van der Waals surface area (Å²) in [5, 5.41) is 1.28. The van der Waals surface area contributed by atoms with Gasteiger partial charge in [0, 0.05) is 34.2 Å². The predicted octanol–water partition coefficient (Wildman–Crippen LogP) is 3.66. The molecule has 0 aliphatic heterocycles. The van der Waals surface area contributed by atoms with Crippen LogP contribution in [0.4, 0.5) is 0 Å². The zero-order chi connectivity index (χ0) is 11.8. The molecule has 0 atom stereocenters. The SMILES string of the molecule is NCc1cc2c(Br)cccc2n1CC1CCC1. The lowest BCUT2D eigenvalue weighted by Crippen LogP contribution is -2.20. The highest BCUT2D eigenvalue weighted by Crippen LogP contribution is 2.32. The second-order valence-electron chi connectivity index (χ2n) is 4.92. The van der Waals surface area contributed by atoms with Crippen molar-refractivity contribution in [2.24, 2.45) is 11.7 Å². The third-order valence-electron chi connectivity index (χ3n) is 3.85.